The van der Waals surface area contributed by atoms with Gasteiger partial charge in [-0.3, -0.25) is 14.7 Å². The summed E-state index contributed by atoms with van der Waals surface area (Å²) in [6.07, 6.45) is 4.66. The van der Waals surface area contributed by atoms with E-state index >= 15 is 0 Å². The Kier molecular flexibility index (Phi) is 6.29. The van der Waals surface area contributed by atoms with E-state index in [4.69, 9.17) is 0 Å². The Morgan fingerprint density at radius 2 is 1.95 bits per heavy atom. The lowest BCUT2D eigenvalue weighted by Crippen LogP contribution is -2.46. The summed E-state index contributed by atoms with van der Waals surface area (Å²) in [5, 5.41) is 9.57. The van der Waals surface area contributed by atoms with Crippen molar-refractivity contribution in [2.45, 2.75) is 38.6 Å². The van der Waals surface area contributed by atoms with Gasteiger partial charge in [0, 0.05) is 38.6 Å². The number of hydrogen-bond acceptors (Lipinski definition) is 3. The van der Waals surface area contributed by atoms with Crippen molar-refractivity contribution < 1.29 is 4.79 Å². The molecule has 0 spiro atoms. The lowest BCUT2D eigenvalue weighted by atomic mass is 10.2. The highest BCUT2D eigenvalue weighted by molar-refractivity contribution is 5.81. The third-order valence-electron chi connectivity index (χ3n) is 4.30. The van der Waals surface area contributed by atoms with Gasteiger partial charge in [0.1, 0.15) is 0 Å². The maximum Gasteiger partial charge on any atom is 0.223 e. The number of likely N-dealkylation sites (N-methyl/N-ethyl adjacent to an activating group) is 1. The Morgan fingerprint density at radius 3 is 2.62 bits per heavy atom. The standard InChI is InChI=1S/C15H29N5O/c1-3-20-10-4-5-13(20)11-19-15(16-2)18-9-8-17-14(21)12-6-7-12/h12-13H,3-11H2,1-2H3,(H,17,21)(H2,16,18,19). The van der Waals surface area contributed by atoms with Crippen molar-refractivity contribution in [1.82, 2.24) is 20.9 Å². The zero-order chi connectivity index (χ0) is 15.1. The maximum absolute atomic E-state index is 11.5. The number of hydrogen-bond donors (Lipinski definition) is 3. The van der Waals surface area contributed by atoms with Gasteiger partial charge in [-0.15, -0.1) is 0 Å². The Morgan fingerprint density at radius 1 is 1.19 bits per heavy atom. The number of amides is 1. The van der Waals surface area contributed by atoms with Crippen molar-refractivity contribution in [2.75, 3.05) is 39.8 Å². The fourth-order valence-corrected chi connectivity index (χ4v) is 2.83. The molecule has 1 atom stereocenters. The van der Waals surface area contributed by atoms with Crippen LogP contribution in [0, 0.1) is 5.92 Å². The molecule has 1 unspecified atom stereocenters. The molecule has 6 nitrogen and oxygen atoms in total. The molecule has 1 aliphatic heterocycles. The molecule has 2 aliphatic rings. The monoisotopic (exact) mass is 295 g/mol. The van der Waals surface area contributed by atoms with Gasteiger partial charge < -0.3 is 16.0 Å². The van der Waals surface area contributed by atoms with Gasteiger partial charge in [0.2, 0.25) is 5.91 Å². The highest BCUT2D eigenvalue weighted by atomic mass is 16.2. The van der Waals surface area contributed by atoms with Gasteiger partial charge in [-0.25, -0.2) is 0 Å². The molecule has 3 N–H and O–H groups in total. The number of likely N-dealkylation sites (tertiary alicyclic amines) is 1. The summed E-state index contributed by atoms with van der Waals surface area (Å²) in [4.78, 5) is 18.2. The quantitative estimate of drug-likeness (QED) is 0.356. The van der Waals surface area contributed by atoms with Crippen LogP contribution in [0.25, 0.3) is 0 Å². The SMILES string of the molecule is CCN1CCCC1CNC(=NC)NCCNC(=O)C1CC1. The number of carbonyl (C=O) groups excluding carboxylic acids is 1. The molecule has 1 saturated heterocycles. The summed E-state index contributed by atoms with van der Waals surface area (Å²) in [7, 11) is 1.78. The summed E-state index contributed by atoms with van der Waals surface area (Å²) in [6.45, 7) is 6.84. The fourth-order valence-electron chi connectivity index (χ4n) is 2.83. The lowest BCUT2D eigenvalue weighted by Gasteiger charge is -2.24. The van der Waals surface area contributed by atoms with Crippen molar-refractivity contribution in [3.8, 4) is 0 Å². The molecule has 6 heteroatoms. The Labute approximate surface area is 127 Å². The van der Waals surface area contributed by atoms with E-state index < -0.39 is 0 Å². The van der Waals surface area contributed by atoms with Gasteiger partial charge in [-0.2, -0.15) is 0 Å². The van der Waals surface area contributed by atoms with Crippen LogP contribution in [0.5, 0.6) is 0 Å². The molecule has 2 fully saturated rings. The summed E-state index contributed by atoms with van der Waals surface area (Å²) >= 11 is 0. The van der Waals surface area contributed by atoms with E-state index in [2.05, 4.69) is 32.8 Å². The second kappa shape index (κ2) is 8.22. The number of carbonyl (C=O) groups is 1. The summed E-state index contributed by atoms with van der Waals surface area (Å²) in [6, 6.07) is 0.614. The first kappa shape index (κ1) is 16.1. The Hall–Kier alpha value is -1.30. The van der Waals surface area contributed by atoms with Crippen LogP contribution in [0.4, 0.5) is 0 Å². The molecule has 1 saturated carbocycles. The van der Waals surface area contributed by atoms with Gasteiger partial charge in [-0.05, 0) is 38.8 Å². The van der Waals surface area contributed by atoms with Crippen LogP contribution < -0.4 is 16.0 Å². The molecule has 0 aromatic heterocycles. The smallest absolute Gasteiger partial charge is 0.223 e. The molecule has 1 aliphatic carbocycles. The van der Waals surface area contributed by atoms with Crippen molar-refractivity contribution in [1.29, 1.82) is 0 Å². The molecular formula is C15H29N5O. The van der Waals surface area contributed by atoms with Gasteiger partial charge in [-0.1, -0.05) is 6.92 Å². The fraction of sp³-hybridized carbons (Fsp3) is 0.867. The van der Waals surface area contributed by atoms with E-state index in [-0.39, 0.29) is 11.8 Å². The second-order valence-electron chi connectivity index (χ2n) is 5.87. The van der Waals surface area contributed by atoms with E-state index in [0.29, 0.717) is 19.1 Å². The van der Waals surface area contributed by atoms with Crippen LogP contribution in [-0.2, 0) is 4.79 Å². The maximum atomic E-state index is 11.5. The van der Waals surface area contributed by atoms with E-state index in [9.17, 15) is 4.79 Å². The normalized spacial score (nSPS) is 23.1. The Balaban J connectivity index is 1.58. The third kappa shape index (κ3) is 5.19. The van der Waals surface area contributed by atoms with Crippen LogP contribution in [0.3, 0.4) is 0 Å². The van der Waals surface area contributed by atoms with Crippen molar-refractivity contribution in [3.05, 3.63) is 0 Å². The molecule has 0 radical (unpaired) electrons. The number of nitrogens with zero attached hydrogens (tertiary/aromatic N) is 2. The number of rotatable bonds is 7. The Bertz CT molecular complexity index is 367. The highest BCUT2D eigenvalue weighted by Crippen LogP contribution is 2.28. The number of guanidine groups is 1. The molecule has 21 heavy (non-hydrogen) atoms. The molecule has 120 valence electrons. The van der Waals surface area contributed by atoms with Crippen LogP contribution in [0.1, 0.15) is 32.6 Å². The zero-order valence-electron chi connectivity index (χ0n) is 13.3. The van der Waals surface area contributed by atoms with Crippen molar-refractivity contribution in [2.24, 2.45) is 10.9 Å². The predicted octanol–water partition coefficient (Wildman–Crippen LogP) is 0.162. The largest absolute Gasteiger partial charge is 0.355 e. The minimum atomic E-state index is 0.198. The summed E-state index contributed by atoms with van der Waals surface area (Å²) in [5.74, 6) is 1.30. The number of aliphatic imine (C=N–C) groups is 1. The topological polar surface area (TPSA) is 68.8 Å². The predicted molar refractivity (Wildman–Crippen MR) is 85.4 cm³/mol. The molecule has 0 aromatic carbocycles. The van der Waals surface area contributed by atoms with Crippen LogP contribution in [-0.4, -0.2) is 62.6 Å². The first-order chi connectivity index (χ1) is 10.2. The molecular weight excluding hydrogens is 266 g/mol. The van der Waals surface area contributed by atoms with E-state index in [1.54, 1.807) is 7.05 Å². The average molecular weight is 295 g/mol. The summed E-state index contributed by atoms with van der Waals surface area (Å²) in [5.41, 5.74) is 0. The average Bonchev–Trinajstić information content (AvgIpc) is 3.25. The van der Waals surface area contributed by atoms with Crippen molar-refractivity contribution >= 4 is 11.9 Å². The highest BCUT2D eigenvalue weighted by Gasteiger charge is 2.29. The van der Waals surface area contributed by atoms with E-state index in [0.717, 1.165) is 31.9 Å². The second-order valence-corrected chi connectivity index (χ2v) is 5.87. The van der Waals surface area contributed by atoms with E-state index in [1.807, 2.05) is 0 Å². The van der Waals surface area contributed by atoms with Gasteiger partial charge in [0.05, 0.1) is 0 Å². The van der Waals surface area contributed by atoms with Crippen LogP contribution in [0.2, 0.25) is 0 Å². The molecule has 0 bridgehead atoms. The number of nitrogens with one attached hydrogen (secondary N) is 3. The lowest BCUT2D eigenvalue weighted by molar-refractivity contribution is -0.122. The van der Waals surface area contributed by atoms with Crippen LogP contribution >= 0.6 is 0 Å². The van der Waals surface area contributed by atoms with Gasteiger partial charge in [0.15, 0.2) is 5.96 Å². The van der Waals surface area contributed by atoms with Gasteiger partial charge in [0.25, 0.3) is 0 Å². The molecule has 0 aromatic rings. The summed E-state index contributed by atoms with van der Waals surface area (Å²) < 4.78 is 0. The minimum absolute atomic E-state index is 0.198. The van der Waals surface area contributed by atoms with Gasteiger partial charge >= 0.3 is 0 Å². The minimum Gasteiger partial charge on any atom is -0.355 e. The first-order valence-corrected chi connectivity index (χ1v) is 8.21. The van der Waals surface area contributed by atoms with Crippen LogP contribution in [0.15, 0.2) is 4.99 Å². The zero-order valence-corrected chi connectivity index (χ0v) is 13.3. The third-order valence-corrected chi connectivity index (χ3v) is 4.30. The molecule has 1 amide bonds. The van der Waals surface area contributed by atoms with Crippen molar-refractivity contribution in [3.63, 3.8) is 0 Å². The molecule has 2 rings (SSSR count). The van der Waals surface area contributed by atoms with E-state index in [1.165, 1.54) is 19.4 Å². The first-order valence-electron chi connectivity index (χ1n) is 8.21. The molecule has 1 heterocycles.